The molecule has 1 fully saturated rings. The van der Waals surface area contributed by atoms with Crippen LogP contribution in [-0.4, -0.2) is 12.2 Å². The zero-order valence-electron chi connectivity index (χ0n) is 5.56. The molecule has 1 aliphatic rings. The molecule has 0 saturated carbocycles. The van der Waals surface area contributed by atoms with E-state index >= 15 is 0 Å². The van der Waals surface area contributed by atoms with Gasteiger partial charge in [0.05, 0.1) is 18.3 Å². The summed E-state index contributed by atoms with van der Waals surface area (Å²) in [5.41, 5.74) is 0.250. The van der Waals surface area contributed by atoms with E-state index in [1.54, 1.807) is 6.07 Å². The van der Waals surface area contributed by atoms with E-state index in [1.165, 1.54) is 6.92 Å². The van der Waals surface area contributed by atoms with Crippen molar-refractivity contribution in [2.45, 2.75) is 26.4 Å². The van der Waals surface area contributed by atoms with Crippen LogP contribution in [-0.2, 0) is 4.74 Å². The summed E-state index contributed by atoms with van der Waals surface area (Å²) in [4.78, 5) is 0. The van der Waals surface area contributed by atoms with Crippen molar-refractivity contribution in [2.24, 2.45) is 0 Å². The van der Waals surface area contributed by atoms with Gasteiger partial charge in [0.1, 0.15) is 0 Å². The monoisotopic (exact) mass is 113 g/mol. The molecule has 0 atom stereocenters. The highest BCUT2D eigenvalue weighted by atomic mass is 16.6. The Hall–Kier alpha value is -0.550. The summed E-state index contributed by atoms with van der Waals surface area (Å²) in [6, 6.07) is 1.75. The molecule has 0 bridgehead atoms. The number of hydrogen-bond acceptors (Lipinski definition) is 2. The average Bonchev–Trinajstić information content (AvgIpc) is 2.22. The Morgan fingerprint density at radius 3 is 1.75 bits per heavy atom. The zero-order chi connectivity index (χ0) is 6.62. The maximum absolute atomic E-state index is 7.32. The first kappa shape index (κ1) is 7.45. The minimum Gasteiger partial charge on any atom is -0.370 e. The number of epoxide rings is 1. The Balaban J connectivity index is 0.000000145. The van der Waals surface area contributed by atoms with Gasteiger partial charge in [-0.25, -0.2) is 0 Å². The van der Waals surface area contributed by atoms with Crippen LogP contribution < -0.4 is 0 Å². The summed E-state index contributed by atoms with van der Waals surface area (Å²) < 4.78 is 4.90. The van der Waals surface area contributed by atoms with E-state index in [9.17, 15) is 0 Å². The van der Waals surface area contributed by atoms with Gasteiger partial charge in [0.2, 0.25) is 0 Å². The van der Waals surface area contributed by atoms with Gasteiger partial charge < -0.3 is 4.74 Å². The molecule has 46 valence electrons. The lowest BCUT2D eigenvalue weighted by Gasteiger charge is -1.81. The molecule has 0 radical (unpaired) electrons. The summed E-state index contributed by atoms with van der Waals surface area (Å²) in [6.45, 7) is 6.53. The van der Waals surface area contributed by atoms with Gasteiger partial charge in [-0.3, -0.25) is 0 Å². The summed E-state index contributed by atoms with van der Waals surface area (Å²) in [6.07, 6.45) is 0. The largest absolute Gasteiger partial charge is 0.370 e. The van der Waals surface area contributed by atoms with Crippen molar-refractivity contribution in [1.82, 2.24) is 0 Å². The second-order valence-corrected chi connectivity index (χ2v) is 2.27. The molecule has 0 aromatic carbocycles. The minimum absolute atomic E-state index is 0.250. The predicted molar refractivity (Wildman–Crippen MR) is 31.3 cm³/mol. The average molecular weight is 113 g/mol. The fourth-order valence-electron chi connectivity index (χ4n) is 0.144. The third-order valence-electron chi connectivity index (χ3n) is 0.722. The highest BCUT2D eigenvalue weighted by molar-refractivity contribution is 4.79. The van der Waals surface area contributed by atoms with Crippen LogP contribution in [0, 0.1) is 11.3 Å². The van der Waals surface area contributed by atoms with Crippen molar-refractivity contribution < 1.29 is 4.74 Å². The molecular formula is C6H11NO. The summed E-state index contributed by atoms with van der Waals surface area (Å²) >= 11 is 0. The number of ether oxygens (including phenoxy) is 1. The van der Waals surface area contributed by atoms with Crippen LogP contribution in [0.1, 0.15) is 20.8 Å². The van der Waals surface area contributed by atoms with E-state index in [-0.39, 0.29) is 5.60 Å². The lowest BCUT2D eigenvalue weighted by atomic mass is 10.3. The van der Waals surface area contributed by atoms with Crippen LogP contribution in [0.3, 0.4) is 0 Å². The van der Waals surface area contributed by atoms with Gasteiger partial charge in [0.25, 0.3) is 0 Å². The van der Waals surface area contributed by atoms with Crippen molar-refractivity contribution in [3.63, 3.8) is 0 Å². The maximum Gasteiger partial charge on any atom is 0.0860 e. The van der Waals surface area contributed by atoms with Gasteiger partial charge in [-0.05, 0) is 13.8 Å². The van der Waals surface area contributed by atoms with Crippen LogP contribution in [0.25, 0.3) is 0 Å². The molecule has 0 aromatic heterocycles. The highest BCUT2D eigenvalue weighted by Crippen LogP contribution is 2.23. The fourth-order valence-corrected chi connectivity index (χ4v) is 0.144. The molecule has 1 heterocycles. The molecule has 8 heavy (non-hydrogen) atoms. The summed E-state index contributed by atoms with van der Waals surface area (Å²) in [7, 11) is 0. The molecule has 0 N–H and O–H groups in total. The normalized spacial score (nSPS) is 19.8. The van der Waals surface area contributed by atoms with Gasteiger partial charge >= 0.3 is 0 Å². The van der Waals surface area contributed by atoms with Crippen molar-refractivity contribution in [2.75, 3.05) is 6.61 Å². The first-order valence-corrected chi connectivity index (χ1v) is 2.57. The number of nitrogens with zero attached hydrogens (tertiary/aromatic N) is 1. The van der Waals surface area contributed by atoms with Gasteiger partial charge in [-0.1, -0.05) is 0 Å². The molecular weight excluding hydrogens is 102 g/mol. The van der Waals surface area contributed by atoms with Gasteiger partial charge in [0, 0.05) is 6.92 Å². The van der Waals surface area contributed by atoms with Gasteiger partial charge in [-0.15, -0.1) is 0 Å². The molecule has 0 spiro atoms. The molecule has 0 unspecified atom stereocenters. The molecule has 0 aromatic rings. The number of rotatable bonds is 0. The highest BCUT2D eigenvalue weighted by Gasteiger charge is 2.32. The molecule has 2 heteroatoms. The molecule has 1 saturated heterocycles. The SMILES string of the molecule is CC#N.CC1(C)CO1. The lowest BCUT2D eigenvalue weighted by molar-refractivity contribution is 0.344. The fraction of sp³-hybridized carbons (Fsp3) is 0.833. The Morgan fingerprint density at radius 2 is 1.75 bits per heavy atom. The quantitative estimate of drug-likeness (QED) is 0.444. The second kappa shape index (κ2) is 2.68. The van der Waals surface area contributed by atoms with E-state index in [2.05, 4.69) is 13.8 Å². The Morgan fingerprint density at radius 1 is 1.62 bits per heavy atom. The van der Waals surface area contributed by atoms with Gasteiger partial charge in [0.15, 0.2) is 0 Å². The molecule has 0 amide bonds. The molecule has 0 aliphatic carbocycles. The summed E-state index contributed by atoms with van der Waals surface area (Å²) in [5, 5.41) is 7.32. The number of nitriles is 1. The molecule has 1 rings (SSSR count). The second-order valence-electron chi connectivity index (χ2n) is 2.27. The Labute approximate surface area is 50.1 Å². The maximum atomic E-state index is 7.32. The third-order valence-corrected chi connectivity index (χ3v) is 0.722. The van der Waals surface area contributed by atoms with E-state index in [0.29, 0.717) is 0 Å². The molecule has 1 aliphatic heterocycles. The van der Waals surface area contributed by atoms with Crippen LogP contribution in [0.15, 0.2) is 0 Å². The van der Waals surface area contributed by atoms with E-state index in [4.69, 9.17) is 10.00 Å². The van der Waals surface area contributed by atoms with Crippen LogP contribution in [0.5, 0.6) is 0 Å². The Kier molecular flexibility index (Phi) is 2.50. The van der Waals surface area contributed by atoms with E-state index < -0.39 is 0 Å². The minimum atomic E-state index is 0.250. The first-order chi connectivity index (χ1) is 3.62. The first-order valence-electron chi connectivity index (χ1n) is 2.57. The van der Waals surface area contributed by atoms with E-state index in [1.807, 2.05) is 0 Å². The van der Waals surface area contributed by atoms with Crippen molar-refractivity contribution >= 4 is 0 Å². The van der Waals surface area contributed by atoms with Crippen molar-refractivity contribution in [1.29, 1.82) is 5.26 Å². The lowest BCUT2D eigenvalue weighted by Crippen LogP contribution is -1.90. The van der Waals surface area contributed by atoms with Crippen LogP contribution in [0.4, 0.5) is 0 Å². The van der Waals surface area contributed by atoms with Crippen LogP contribution in [0.2, 0.25) is 0 Å². The summed E-state index contributed by atoms with van der Waals surface area (Å²) in [5.74, 6) is 0. The van der Waals surface area contributed by atoms with Crippen molar-refractivity contribution in [3.8, 4) is 6.07 Å². The standard InChI is InChI=1S/C4H8O.C2H3N/c1-4(2)3-5-4;1-2-3/h3H2,1-2H3;1H3. The number of hydrogen-bond donors (Lipinski definition) is 0. The Bertz CT molecular complexity index is 95.6. The van der Waals surface area contributed by atoms with E-state index in [0.717, 1.165) is 6.61 Å². The topological polar surface area (TPSA) is 36.3 Å². The zero-order valence-corrected chi connectivity index (χ0v) is 5.56. The predicted octanol–water partition coefficient (Wildman–Crippen LogP) is 1.33. The smallest absolute Gasteiger partial charge is 0.0860 e. The van der Waals surface area contributed by atoms with Crippen molar-refractivity contribution in [3.05, 3.63) is 0 Å². The third kappa shape index (κ3) is 5.45. The molecule has 2 nitrogen and oxygen atoms in total. The van der Waals surface area contributed by atoms with Gasteiger partial charge in [-0.2, -0.15) is 5.26 Å². The van der Waals surface area contributed by atoms with Crippen LogP contribution >= 0.6 is 0 Å².